The number of nitrogens with zero attached hydrogens (tertiary/aromatic N) is 4. The Morgan fingerprint density at radius 1 is 0.891 bits per heavy atom. The Morgan fingerprint density at radius 2 is 1.55 bits per heavy atom. The van der Waals surface area contributed by atoms with E-state index in [4.69, 9.17) is 19.3 Å². The fourth-order valence-corrected chi connectivity index (χ4v) is 6.51. The standard InChI is InChI=1S/C40H44F6N4O5/c1-25(2)27-7-10-36(54-4)35(19-27)34-9-8-31(49-13-11-32(53-3)12-14-49)18-28(34)24-50(38-47-21-33(22-48-38)55-15-5-6-37(51)52)23-26-16-29(39(41,42)43)20-30(17-26)40(44,45)46/h7-10,16-22,25,32H,5-6,11-15,23-24H2,1-4H3,(H,51,52). The number of hydrogen-bond donors (Lipinski definition) is 1. The molecule has 1 aliphatic heterocycles. The second kappa shape index (κ2) is 17.6. The van der Waals surface area contributed by atoms with Crippen LogP contribution >= 0.6 is 0 Å². The number of ether oxygens (including phenoxy) is 3. The summed E-state index contributed by atoms with van der Waals surface area (Å²) in [6.07, 6.45) is -5.56. The maximum Gasteiger partial charge on any atom is 0.416 e. The zero-order chi connectivity index (χ0) is 39.9. The molecule has 4 aromatic rings. The first-order valence-electron chi connectivity index (χ1n) is 17.8. The van der Waals surface area contributed by atoms with Crippen LogP contribution in [0.4, 0.5) is 38.0 Å². The molecule has 0 radical (unpaired) electrons. The molecule has 0 spiro atoms. The minimum Gasteiger partial charge on any atom is -0.496 e. The number of methoxy groups -OCH3 is 2. The van der Waals surface area contributed by atoms with Crippen LogP contribution < -0.4 is 19.3 Å². The number of hydrogen-bond acceptors (Lipinski definition) is 8. The lowest BCUT2D eigenvalue weighted by molar-refractivity contribution is -0.143. The number of alkyl halides is 6. The average molecular weight is 775 g/mol. The van der Waals surface area contributed by atoms with Crippen molar-refractivity contribution in [2.75, 3.05) is 43.7 Å². The predicted octanol–water partition coefficient (Wildman–Crippen LogP) is 9.38. The van der Waals surface area contributed by atoms with E-state index >= 15 is 0 Å². The van der Waals surface area contributed by atoms with E-state index in [0.29, 0.717) is 36.5 Å². The van der Waals surface area contributed by atoms with Crippen molar-refractivity contribution in [3.05, 3.63) is 94.8 Å². The van der Waals surface area contributed by atoms with Gasteiger partial charge in [-0.3, -0.25) is 4.79 Å². The van der Waals surface area contributed by atoms with Crippen LogP contribution in [0.1, 0.15) is 73.3 Å². The Balaban J connectivity index is 1.62. The van der Waals surface area contributed by atoms with E-state index in [1.807, 2.05) is 36.4 Å². The predicted molar refractivity (Wildman–Crippen MR) is 195 cm³/mol. The van der Waals surface area contributed by atoms with Crippen LogP contribution in [0.3, 0.4) is 0 Å². The Hall–Kier alpha value is -5.05. The highest BCUT2D eigenvalue weighted by Gasteiger charge is 2.37. The molecule has 9 nitrogen and oxygen atoms in total. The monoisotopic (exact) mass is 774 g/mol. The van der Waals surface area contributed by atoms with Gasteiger partial charge in [0.15, 0.2) is 5.75 Å². The number of piperidine rings is 1. The van der Waals surface area contributed by atoms with Crippen molar-refractivity contribution >= 4 is 17.6 Å². The molecular formula is C40H44F6N4O5. The number of rotatable bonds is 15. The molecule has 15 heteroatoms. The van der Waals surface area contributed by atoms with Gasteiger partial charge < -0.3 is 29.1 Å². The van der Waals surface area contributed by atoms with Gasteiger partial charge in [0, 0.05) is 51.0 Å². The number of benzene rings is 3. The quantitative estimate of drug-likeness (QED) is 0.0937. The van der Waals surface area contributed by atoms with Gasteiger partial charge in [0.1, 0.15) is 5.75 Å². The Labute approximate surface area is 315 Å². The SMILES string of the molecule is COc1ccc(C(C)C)cc1-c1ccc(N2CCC(OC)CC2)cc1CN(Cc1cc(C(F)(F)F)cc(C(F)(F)F)c1)c1ncc(OCCCC(=O)O)cn1. The van der Waals surface area contributed by atoms with Gasteiger partial charge in [0.2, 0.25) is 5.95 Å². The maximum absolute atomic E-state index is 14.0. The summed E-state index contributed by atoms with van der Waals surface area (Å²) >= 11 is 0. The lowest BCUT2D eigenvalue weighted by Gasteiger charge is -2.34. The molecule has 55 heavy (non-hydrogen) atoms. The molecule has 1 aliphatic rings. The molecule has 0 atom stereocenters. The third-order valence-electron chi connectivity index (χ3n) is 9.49. The molecule has 0 saturated carbocycles. The first kappa shape index (κ1) is 41.1. The summed E-state index contributed by atoms with van der Waals surface area (Å²) in [6, 6.07) is 13.3. The summed E-state index contributed by atoms with van der Waals surface area (Å²) < 4.78 is 101. The lowest BCUT2D eigenvalue weighted by Crippen LogP contribution is -2.36. The van der Waals surface area contributed by atoms with Crippen LogP contribution in [0, 0.1) is 0 Å². The molecular weight excluding hydrogens is 730 g/mol. The van der Waals surface area contributed by atoms with Gasteiger partial charge in [-0.2, -0.15) is 26.3 Å². The highest BCUT2D eigenvalue weighted by Crippen LogP contribution is 2.40. The first-order valence-corrected chi connectivity index (χ1v) is 17.8. The molecule has 1 saturated heterocycles. The van der Waals surface area contributed by atoms with Gasteiger partial charge in [-0.1, -0.05) is 26.0 Å². The van der Waals surface area contributed by atoms with Crippen LogP contribution in [-0.4, -0.2) is 61.1 Å². The highest BCUT2D eigenvalue weighted by atomic mass is 19.4. The van der Waals surface area contributed by atoms with Gasteiger partial charge in [0.05, 0.1) is 43.3 Å². The van der Waals surface area contributed by atoms with E-state index in [1.54, 1.807) is 14.2 Å². The number of aromatic nitrogens is 2. The summed E-state index contributed by atoms with van der Waals surface area (Å²) in [4.78, 5) is 23.4. The van der Waals surface area contributed by atoms with Crippen molar-refractivity contribution in [2.24, 2.45) is 0 Å². The third kappa shape index (κ3) is 10.8. The summed E-state index contributed by atoms with van der Waals surface area (Å²) in [6.45, 7) is 5.17. The molecule has 5 rings (SSSR count). The smallest absolute Gasteiger partial charge is 0.416 e. The second-order valence-corrected chi connectivity index (χ2v) is 13.7. The lowest BCUT2D eigenvalue weighted by atomic mass is 9.93. The summed E-state index contributed by atoms with van der Waals surface area (Å²) in [5, 5.41) is 8.92. The number of anilines is 2. The van der Waals surface area contributed by atoms with Gasteiger partial charge in [0.25, 0.3) is 0 Å². The average Bonchev–Trinajstić information content (AvgIpc) is 3.15. The molecule has 1 N–H and O–H groups in total. The van der Waals surface area contributed by atoms with Crippen molar-refractivity contribution in [2.45, 2.75) is 77.0 Å². The zero-order valence-corrected chi connectivity index (χ0v) is 31.0. The first-order chi connectivity index (χ1) is 26.0. The van der Waals surface area contributed by atoms with Crippen molar-refractivity contribution in [3.63, 3.8) is 0 Å². The van der Waals surface area contributed by atoms with Crippen LogP contribution in [0.15, 0.2) is 67.0 Å². The van der Waals surface area contributed by atoms with Crippen molar-refractivity contribution in [1.29, 1.82) is 0 Å². The molecule has 2 heterocycles. The van der Waals surface area contributed by atoms with Gasteiger partial charge in [-0.15, -0.1) is 0 Å². The molecule has 1 aromatic heterocycles. The van der Waals surface area contributed by atoms with Crippen molar-refractivity contribution < 1.29 is 50.5 Å². The minimum absolute atomic E-state index is 0.0176. The van der Waals surface area contributed by atoms with E-state index in [0.717, 1.165) is 35.2 Å². The zero-order valence-electron chi connectivity index (χ0n) is 31.0. The normalized spacial score (nSPS) is 14.0. The van der Waals surface area contributed by atoms with Gasteiger partial charge in [-0.05, 0) is 89.9 Å². The fourth-order valence-electron chi connectivity index (χ4n) is 6.51. The van der Waals surface area contributed by atoms with E-state index in [1.165, 1.54) is 17.3 Å². The summed E-state index contributed by atoms with van der Waals surface area (Å²) in [5.74, 6) is 0.00615. The van der Waals surface area contributed by atoms with Crippen molar-refractivity contribution in [3.8, 4) is 22.6 Å². The number of halogens is 6. The maximum atomic E-state index is 14.0. The van der Waals surface area contributed by atoms with Crippen LogP contribution in [0.25, 0.3) is 11.1 Å². The van der Waals surface area contributed by atoms with E-state index < -0.39 is 36.0 Å². The third-order valence-corrected chi connectivity index (χ3v) is 9.49. The molecule has 0 aliphatic carbocycles. The molecule has 296 valence electrons. The Bertz CT molecular complexity index is 1880. The summed E-state index contributed by atoms with van der Waals surface area (Å²) in [7, 11) is 3.24. The molecule has 0 amide bonds. The van der Waals surface area contributed by atoms with Crippen LogP contribution in [0.2, 0.25) is 0 Å². The molecule has 1 fully saturated rings. The molecule has 0 bridgehead atoms. The van der Waals surface area contributed by atoms with Gasteiger partial charge in [-0.25, -0.2) is 9.97 Å². The minimum atomic E-state index is -5.04. The van der Waals surface area contributed by atoms with Crippen molar-refractivity contribution in [1.82, 2.24) is 9.97 Å². The number of carboxylic acids is 1. The largest absolute Gasteiger partial charge is 0.496 e. The molecule has 3 aromatic carbocycles. The van der Waals surface area contributed by atoms with Crippen LogP contribution in [-0.2, 0) is 35.0 Å². The van der Waals surface area contributed by atoms with Crippen LogP contribution in [0.5, 0.6) is 11.5 Å². The Kier molecular flexibility index (Phi) is 13.2. The van der Waals surface area contributed by atoms with E-state index in [-0.39, 0.29) is 61.3 Å². The number of aliphatic carboxylic acids is 1. The topological polar surface area (TPSA) is 97.2 Å². The van der Waals surface area contributed by atoms with E-state index in [9.17, 15) is 31.1 Å². The number of carbonyl (C=O) groups is 1. The second-order valence-electron chi connectivity index (χ2n) is 13.7. The Morgan fingerprint density at radius 3 is 2.11 bits per heavy atom. The highest BCUT2D eigenvalue weighted by molar-refractivity contribution is 5.77. The number of carboxylic acid groups (broad SMARTS) is 1. The van der Waals surface area contributed by atoms with E-state index in [2.05, 4.69) is 28.7 Å². The van der Waals surface area contributed by atoms with Gasteiger partial charge >= 0.3 is 18.3 Å². The summed E-state index contributed by atoms with van der Waals surface area (Å²) in [5.41, 5.74) is 1.02. The fraction of sp³-hybridized carbons (Fsp3) is 0.425. The molecule has 0 unspecified atom stereocenters.